The molecule has 0 aromatic heterocycles. The van der Waals surface area contributed by atoms with E-state index in [1.807, 2.05) is 0 Å². The van der Waals surface area contributed by atoms with Crippen LogP contribution in [0.5, 0.6) is 0 Å². The van der Waals surface area contributed by atoms with Gasteiger partial charge in [0.2, 0.25) is 0 Å². The second kappa shape index (κ2) is 9.53. The van der Waals surface area contributed by atoms with Crippen molar-refractivity contribution >= 4 is 6.03 Å². The summed E-state index contributed by atoms with van der Waals surface area (Å²) < 4.78 is 4.91. The monoisotopic (exact) mass is 319 g/mol. The van der Waals surface area contributed by atoms with Gasteiger partial charge in [0.15, 0.2) is 0 Å². The third-order valence-corrected chi connectivity index (χ3v) is 4.38. The molecule has 0 unspecified atom stereocenters. The van der Waals surface area contributed by atoms with E-state index in [0.717, 1.165) is 39.0 Å². The number of nitrogens with zero attached hydrogens (tertiary/aromatic N) is 1. The zero-order valence-electron chi connectivity index (χ0n) is 14.3. The van der Waals surface area contributed by atoms with E-state index in [0.29, 0.717) is 19.1 Å². The summed E-state index contributed by atoms with van der Waals surface area (Å²) in [5.41, 5.74) is 2.69. The fourth-order valence-corrected chi connectivity index (χ4v) is 2.87. The number of rotatable bonds is 7. The lowest BCUT2D eigenvalue weighted by molar-refractivity contribution is 0.173. The Labute approximate surface area is 139 Å². The van der Waals surface area contributed by atoms with Gasteiger partial charge in [0.05, 0.1) is 6.61 Å². The molecule has 5 heteroatoms. The first-order chi connectivity index (χ1) is 11.2. The SMILES string of the molecule is COCCNC(=O)NCC1CCN(Cc2ccc(C)cc2)CC1. The molecule has 2 rings (SSSR count). The number of urea groups is 1. The molecule has 1 aliphatic heterocycles. The average molecular weight is 319 g/mol. The minimum absolute atomic E-state index is 0.0934. The molecule has 0 saturated carbocycles. The summed E-state index contributed by atoms with van der Waals surface area (Å²) in [5, 5.41) is 5.74. The number of piperidine rings is 1. The Hall–Kier alpha value is -1.59. The van der Waals surface area contributed by atoms with Crippen molar-refractivity contribution in [2.45, 2.75) is 26.3 Å². The summed E-state index contributed by atoms with van der Waals surface area (Å²) in [5.74, 6) is 0.581. The van der Waals surface area contributed by atoms with Crippen LogP contribution in [0.1, 0.15) is 24.0 Å². The van der Waals surface area contributed by atoms with Crippen molar-refractivity contribution in [2.75, 3.05) is 39.9 Å². The predicted molar refractivity (Wildman–Crippen MR) is 92.5 cm³/mol. The van der Waals surface area contributed by atoms with Gasteiger partial charge in [0.25, 0.3) is 0 Å². The zero-order chi connectivity index (χ0) is 16.5. The molecule has 1 aliphatic rings. The summed E-state index contributed by atoms with van der Waals surface area (Å²) in [6, 6.07) is 8.69. The molecule has 1 aromatic rings. The molecule has 2 N–H and O–H groups in total. The Morgan fingerprint density at radius 1 is 1.22 bits per heavy atom. The Balaban J connectivity index is 1.62. The molecule has 0 atom stereocenters. The fraction of sp³-hybridized carbons (Fsp3) is 0.611. The van der Waals surface area contributed by atoms with Crippen molar-refractivity contribution in [3.05, 3.63) is 35.4 Å². The maximum absolute atomic E-state index is 11.6. The van der Waals surface area contributed by atoms with E-state index in [-0.39, 0.29) is 6.03 Å². The molecule has 5 nitrogen and oxygen atoms in total. The lowest BCUT2D eigenvalue weighted by Gasteiger charge is -2.32. The van der Waals surface area contributed by atoms with Gasteiger partial charge in [0, 0.05) is 26.7 Å². The Morgan fingerprint density at radius 2 is 1.91 bits per heavy atom. The quantitative estimate of drug-likeness (QED) is 0.757. The van der Waals surface area contributed by atoms with E-state index in [9.17, 15) is 4.79 Å². The van der Waals surface area contributed by atoms with Gasteiger partial charge < -0.3 is 15.4 Å². The summed E-state index contributed by atoms with van der Waals surface area (Å²) in [4.78, 5) is 14.1. The third-order valence-electron chi connectivity index (χ3n) is 4.38. The number of benzene rings is 1. The number of ether oxygens (including phenoxy) is 1. The van der Waals surface area contributed by atoms with Crippen LogP contribution in [0.2, 0.25) is 0 Å². The summed E-state index contributed by atoms with van der Waals surface area (Å²) in [6.07, 6.45) is 2.29. The zero-order valence-corrected chi connectivity index (χ0v) is 14.3. The van der Waals surface area contributed by atoms with Crippen LogP contribution < -0.4 is 10.6 Å². The Bertz CT molecular complexity index is 468. The standard InChI is InChI=1S/C18H29N3O2/c1-15-3-5-17(6-4-15)14-21-10-7-16(8-11-21)13-20-18(22)19-9-12-23-2/h3-6,16H,7-14H2,1-2H3,(H2,19,20,22). The van der Waals surface area contributed by atoms with E-state index in [1.165, 1.54) is 11.1 Å². The molecule has 128 valence electrons. The van der Waals surface area contributed by atoms with Gasteiger partial charge in [-0.15, -0.1) is 0 Å². The number of aryl methyl sites for hydroxylation is 1. The molecule has 0 aliphatic carbocycles. The molecule has 0 bridgehead atoms. The van der Waals surface area contributed by atoms with Crippen LogP contribution in [0.25, 0.3) is 0 Å². The van der Waals surface area contributed by atoms with Gasteiger partial charge in [0.1, 0.15) is 0 Å². The smallest absolute Gasteiger partial charge is 0.314 e. The summed E-state index contributed by atoms with van der Waals surface area (Å²) in [6.45, 7) is 7.21. The van der Waals surface area contributed by atoms with Gasteiger partial charge in [-0.3, -0.25) is 4.90 Å². The first-order valence-corrected chi connectivity index (χ1v) is 8.46. The topological polar surface area (TPSA) is 53.6 Å². The van der Waals surface area contributed by atoms with E-state index in [2.05, 4.69) is 46.7 Å². The van der Waals surface area contributed by atoms with Gasteiger partial charge in [-0.05, 0) is 44.3 Å². The highest BCUT2D eigenvalue weighted by Gasteiger charge is 2.19. The van der Waals surface area contributed by atoms with Crippen molar-refractivity contribution in [3.8, 4) is 0 Å². The predicted octanol–water partition coefficient (Wildman–Crippen LogP) is 2.15. The Morgan fingerprint density at radius 3 is 2.57 bits per heavy atom. The number of hydrogen-bond donors (Lipinski definition) is 2. The average Bonchev–Trinajstić information content (AvgIpc) is 2.57. The van der Waals surface area contributed by atoms with Crippen LogP contribution in [-0.4, -0.2) is 50.8 Å². The van der Waals surface area contributed by atoms with Crippen molar-refractivity contribution in [1.29, 1.82) is 0 Å². The highest BCUT2D eigenvalue weighted by Crippen LogP contribution is 2.18. The Kier molecular flexibility index (Phi) is 7.36. The van der Waals surface area contributed by atoms with Crippen LogP contribution >= 0.6 is 0 Å². The molecule has 0 spiro atoms. The highest BCUT2D eigenvalue weighted by molar-refractivity contribution is 5.73. The van der Waals surface area contributed by atoms with Crippen LogP contribution in [0, 0.1) is 12.8 Å². The van der Waals surface area contributed by atoms with Gasteiger partial charge in [-0.25, -0.2) is 4.79 Å². The molecular weight excluding hydrogens is 290 g/mol. The number of carbonyl (C=O) groups is 1. The van der Waals surface area contributed by atoms with E-state index in [4.69, 9.17) is 4.74 Å². The molecular formula is C18H29N3O2. The lowest BCUT2D eigenvalue weighted by atomic mass is 9.96. The number of carbonyl (C=O) groups excluding carboxylic acids is 1. The normalized spacial score (nSPS) is 16.3. The van der Waals surface area contributed by atoms with Crippen molar-refractivity contribution in [1.82, 2.24) is 15.5 Å². The molecule has 2 amide bonds. The molecule has 23 heavy (non-hydrogen) atoms. The minimum Gasteiger partial charge on any atom is -0.383 e. The number of methoxy groups -OCH3 is 1. The number of hydrogen-bond acceptors (Lipinski definition) is 3. The summed E-state index contributed by atoms with van der Waals surface area (Å²) >= 11 is 0. The van der Waals surface area contributed by atoms with Crippen LogP contribution in [-0.2, 0) is 11.3 Å². The lowest BCUT2D eigenvalue weighted by Crippen LogP contribution is -2.42. The molecule has 1 aromatic carbocycles. The second-order valence-corrected chi connectivity index (χ2v) is 6.33. The second-order valence-electron chi connectivity index (χ2n) is 6.33. The fourth-order valence-electron chi connectivity index (χ4n) is 2.87. The van der Waals surface area contributed by atoms with Gasteiger partial charge in [-0.1, -0.05) is 29.8 Å². The number of amides is 2. The van der Waals surface area contributed by atoms with E-state index in [1.54, 1.807) is 7.11 Å². The number of likely N-dealkylation sites (tertiary alicyclic amines) is 1. The van der Waals surface area contributed by atoms with Crippen molar-refractivity contribution in [3.63, 3.8) is 0 Å². The van der Waals surface area contributed by atoms with E-state index < -0.39 is 0 Å². The third kappa shape index (κ3) is 6.59. The van der Waals surface area contributed by atoms with Crippen LogP contribution in [0.3, 0.4) is 0 Å². The first kappa shape index (κ1) is 17.8. The molecule has 1 fully saturated rings. The van der Waals surface area contributed by atoms with E-state index >= 15 is 0 Å². The minimum atomic E-state index is -0.0934. The van der Waals surface area contributed by atoms with Crippen LogP contribution in [0.4, 0.5) is 4.79 Å². The van der Waals surface area contributed by atoms with Gasteiger partial charge in [-0.2, -0.15) is 0 Å². The number of nitrogens with one attached hydrogen (secondary N) is 2. The van der Waals surface area contributed by atoms with Crippen molar-refractivity contribution in [2.24, 2.45) is 5.92 Å². The van der Waals surface area contributed by atoms with Gasteiger partial charge >= 0.3 is 6.03 Å². The van der Waals surface area contributed by atoms with Crippen LogP contribution in [0.15, 0.2) is 24.3 Å². The largest absolute Gasteiger partial charge is 0.383 e. The molecule has 1 heterocycles. The summed E-state index contributed by atoms with van der Waals surface area (Å²) in [7, 11) is 1.63. The first-order valence-electron chi connectivity index (χ1n) is 8.46. The molecule has 1 saturated heterocycles. The maximum Gasteiger partial charge on any atom is 0.314 e. The molecule has 0 radical (unpaired) electrons. The highest BCUT2D eigenvalue weighted by atomic mass is 16.5. The van der Waals surface area contributed by atoms with Crippen molar-refractivity contribution < 1.29 is 9.53 Å². The maximum atomic E-state index is 11.6.